The van der Waals surface area contributed by atoms with Crippen molar-refractivity contribution >= 4 is 11.7 Å². The second-order valence-electron chi connectivity index (χ2n) is 2.53. The van der Waals surface area contributed by atoms with Gasteiger partial charge in [0.2, 0.25) is 5.82 Å². The normalized spacial score (nSPS) is 9.47. The monoisotopic (exact) mass is 215 g/mol. The summed E-state index contributed by atoms with van der Waals surface area (Å²) in [6.07, 6.45) is 0. The fourth-order valence-electron chi connectivity index (χ4n) is 0.794. The first-order valence-electron chi connectivity index (χ1n) is 3.79. The average molecular weight is 215 g/mol. The van der Waals surface area contributed by atoms with Gasteiger partial charge in [-0.05, 0) is 6.07 Å². The maximum atomic E-state index is 13.0. The fraction of sp³-hybridized carbons (Fsp3) is 0.125. The Labute approximate surface area is 83.3 Å². The molecule has 0 saturated carbocycles. The summed E-state index contributed by atoms with van der Waals surface area (Å²) in [5.74, 6) is -1.91. The molecule has 0 spiro atoms. The van der Waals surface area contributed by atoms with Gasteiger partial charge in [-0.25, -0.2) is 4.79 Å². The van der Waals surface area contributed by atoms with Crippen molar-refractivity contribution in [3.8, 4) is 5.75 Å². The molecule has 0 atom stereocenters. The molecule has 0 amide bonds. The van der Waals surface area contributed by atoms with Crippen molar-refractivity contribution in [2.75, 3.05) is 0 Å². The minimum Gasteiger partial charge on any atom is -0.287 e. The Kier molecular flexibility index (Phi) is 3.17. The maximum absolute atomic E-state index is 13.0. The Morgan fingerprint density at radius 3 is 2.67 bits per heavy atom. The highest BCUT2D eigenvalue weighted by molar-refractivity contribution is 5.65. The summed E-state index contributed by atoms with van der Waals surface area (Å²) in [7, 11) is 0. The third kappa shape index (κ3) is 2.90. The van der Waals surface area contributed by atoms with E-state index in [0.29, 0.717) is 0 Å². The van der Waals surface area contributed by atoms with Crippen LogP contribution >= 0.6 is 0 Å². The SMILES string of the molecule is CC(=O)OOc1ccc([N+](=O)[O-])c(F)c1. The molecular weight excluding hydrogens is 209 g/mol. The largest absolute Gasteiger partial charge is 0.352 e. The van der Waals surface area contributed by atoms with Gasteiger partial charge in [0.1, 0.15) is 0 Å². The van der Waals surface area contributed by atoms with E-state index in [1.54, 1.807) is 0 Å². The predicted octanol–water partition coefficient (Wildman–Crippen LogP) is 1.59. The van der Waals surface area contributed by atoms with Crippen molar-refractivity contribution in [1.82, 2.24) is 0 Å². The lowest BCUT2D eigenvalue weighted by Gasteiger charge is -2.01. The number of rotatable bonds is 3. The van der Waals surface area contributed by atoms with Crippen molar-refractivity contribution in [2.24, 2.45) is 0 Å². The molecule has 1 aromatic carbocycles. The quantitative estimate of drug-likeness (QED) is 0.434. The van der Waals surface area contributed by atoms with E-state index in [0.717, 1.165) is 25.1 Å². The highest BCUT2D eigenvalue weighted by Crippen LogP contribution is 2.22. The highest BCUT2D eigenvalue weighted by Gasteiger charge is 2.14. The lowest BCUT2D eigenvalue weighted by molar-refractivity contribution is -0.387. The topological polar surface area (TPSA) is 78.7 Å². The number of nitro benzene ring substituents is 1. The minimum absolute atomic E-state index is 0.131. The van der Waals surface area contributed by atoms with Gasteiger partial charge in [0, 0.05) is 19.1 Å². The molecule has 15 heavy (non-hydrogen) atoms. The van der Waals surface area contributed by atoms with E-state index in [-0.39, 0.29) is 5.75 Å². The van der Waals surface area contributed by atoms with Crippen LogP contribution in [-0.2, 0) is 9.68 Å². The van der Waals surface area contributed by atoms with E-state index in [1.807, 2.05) is 0 Å². The molecular formula is C8H6FNO5. The number of nitrogens with zero attached hydrogens (tertiary/aromatic N) is 1. The Morgan fingerprint density at radius 2 is 2.20 bits per heavy atom. The summed E-state index contributed by atoms with van der Waals surface area (Å²) in [6, 6.07) is 2.78. The lowest BCUT2D eigenvalue weighted by Crippen LogP contribution is -2.03. The zero-order valence-electron chi connectivity index (χ0n) is 7.60. The lowest BCUT2D eigenvalue weighted by atomic mass is 10.3. The number of nitro groups is 1. The number of hydrogen-bond donors (Lipinski definition) is 0. The van der Waals surface area contributed by atoms with Crippen LogP contribution in [0.3, 0.4) is 0 Å². The Balaban J connectivity index is 2.82. The van der Waals surface area contributed by atoms with Gasteiger partial charge in [-0.3, -0.25) is 19.9 Å². The smallest absolute Gasteiger partial charge is 0.287 e. The molecule has 6 nitrogen and oxygen atoms in total. The van der Waals surface area contributed by atoms with Crippen molar-refractivity contribution < 1.29 is 23.9 Å². The summed E-state index contributed by atoms with van der Waals surface area (Å²) < 4.78 is 13.0. The van der Waals surface area contributed by atoms with E-state index < -0.39 is 22.4 Å². The van der Waals surface area contributed by atoms with E-state index >= 15 is 0 Å². The van der Waals surface area contributed by atoms with E-state index in [4.69, 9.17) is 0 Å². The molecule has 0 heterocycles. The van der Waals surface area contributed by atoms with Gasteiger partial charge < -0.3 is 0 Å². The Morgan fingerprint density at radius 1 is 1.53 bits per heavy atom. The van der Waals surface area contributed by atoms with Crippen LogP contribution in [-0.4, -0.2) is 10.9 Å². The Hall–Kier alpha value is -2.18. The first kappa shape index (κ1) is 10.9. The summed E-state index contributed by atoms with van der Waals surface area (Å²) >= 11 is 0. The number of carbonyl (C=O) groups excluding carboxylic acids is 1. The zero-order chi connectivity index (χ0) is 11.4. The van der Waals surface area contributed by atoms with Crippen LogP contribution in [0.25, 0.3) is 0 Å². The zero-order valence-corrected chi connectivity index (χ0v) is 7.60. The van der Waals surface area contributed by atoms with Gasteiger partial charge in [0.05, 0.1) is 4.92 Å². The van der Waals surface area contributed by atoms with Gasteiger partial charge in [-0.1, -0.05) is 0 Å². The van der Waals surface area contributed by atoms with Crippen LogP contribution in [0.15, 0.2) is 18.2 Å². The second kappa shape index (κ2) is 4.36. The molecule has 1 aromatic rings. The minimum atomic E-state index is -1.07. The molecule has 80 valence electrons. The van der Waals surface area contributed by atoms with E-state index in [9.17, 15) is 19.3 Å². The standard InChI is InChI=1S/C8H6FNO5/c1-5(11)14-15-6-2-3-8(10(12)13)7(9)4-6/h2-4H,1H3. The molecule has 0 radical (unpaired) electrons. The molecule has 0 aliphatic carbocycles. The number of carbonyl (C=O) groups is 1. The number of halogens is 1. The summed E-state index contributed by atoms with van der Waals surface area (Å²) in [5.41, 5.74) is -0.676. The molecule has 7 heteroatoms. The van der Waals surface area contributed by atoms with E-state index in [2.05, 4.69) is 9.78 Å². The van der Waals surface area contributed by atoms with Crippen molar-refractivity contribution in [2.45, 2.75) is 6.92 Å². The van der Waals surface area contributed by atoms with Crippen molar-refractivity contribution in [3.05, 3.63) is 34.1 Å². The van der Waals surface area contributed by atoms with Crippen LogP contribution in [0.2, 0.25) is 0 Å². The summed E-state index contributed by atoms with van der Waals surface area (Å²) in [5, 5.41) is 10.2. The van der Waals surface area contributed by atoms with Gasteiger partial charge in [0.25, 0.3) is 0 Å². The first-order chi connectivity index (χ1) is 7.00. The van der Waals surface area contributed by atoms with Crippen LogP contribution in [0.1, 0.15) is 6.92 Å². The van der Waals surface area contributed by atoms with Crippen molar-refractivity contribution in [1.29, 1.82) is 0 Å². The molecule has 0 aromatic heterocycles. The molecule has 1 rings (SSSR count). The summed E-state index contributed by atoms with van der Waals surface area (Å²) in [6.45, 7) is 1.10. The predicted molar refractivity (Wildman–Crippen MR) is 45.4 cm³/mol. The van der Waals surface area contributed by atoms with Gasteiger partial charge in [-0.15, -0.1) is 0 Å². The molecule has 0 aliphatic rings. The second-order valence-corrected chi connectivity index (χ2v) is 2.53. The summed E-state index contributed by atoms with van der Waals surface area (Å²) in [4.78, 5) is 28.2. The molecule has 0 bridgehead atoms. The molecule has 0 aliphatic heterocycles. The average Bonchev–Trinajstić information content (AvgIpc) is 2.14. The fourth-order valence-corrected chi connectivity index (χ4v) is 0.794. The third-order valence-electron chi connectivity index (χ3n) is 1.37. The molecule has 0 fully saturated rings. The molecule has 0 saturated heterocycles. The highest BCUT2D eigenvalue weighted by atomic mass is 19.1. The van der Waals surface area contributed by atoms with Gasteiger partial charge in [-0.2, -0.15) is 4.39 Å². The number of benzene rings is 1. The number of hydrogen-bond acceptors (Lipinski definition) is 5. The van der Waals surface area contributed by atoms with Crippen LogP contribution < -0.4 is 4.89 Å². The first-order valence-corrected chi connectivity index (χ1v) is 3.79. The van der Waals surface area contributed by atoms with Gasteiger partial charge in [0.15, 0.2) is 5.75 Å². The van der Waals surface area contributed by atoms with Crippen LogP contribution in [0.5, 0.6) is 5.75 Å². The van der Waals surface area contributed by atoms with Crippen molar-refractivity contribution in [3.63, 3.8) is 0 Å². The van der Waals surface area contributed by atoms with E-state index in [1.165, 1.54) is 0 Å². The van der Waals surface area contributed by atoms with Crippen LogP contribution in [0, 0.1) is 15.9 Å². The Bertz CT molecular complexity index is 406. The molecule has 0 N–H and O–H groups in total. The maximum Gasteiger partial charge on any atom is 0.352 e. The molecule has 0 unspecified atom stereocenters. The van der Waals surface area contributed by atoms with Gasteiger partial charge >= 0.3 is 11.7 Å². The third-order valence-corrected chi connectivity index (χ3v) is 1.37. The van der Waals surface area contributed by atoms with Crippen LogP contribution in [0.4, 0.5) is 10.1 Å².